The highest BCUT2D eigenvalue weighted by Crippen LogP contribution is 2.24. The number of rotatable bonds is 6. The second-order valence-electron chi connectivity index (χ2n) is 5.76. The van der Waals surface area contributed by atoms with Crippen molar-refractivity contribution in [2.75, 3.05) is 11.9 Å². The Labute approximate surface area is 127 Å². The molecule has 118 valence electrons. The van der Waals surface area contributed by atoms with Gasteiger partial charge in [-0.2, -0.15) is 4.98 Å². The second-order valence-corrected chi connectivity index (χ2v) is 5.76. The molecular weight excluding hydrogens is 266 g/mol. The van der Waals surface area contributed by atoms with Gasteiger partial charge in [0.15, 0.2) is 0 Å². The van der Waals surface area contributed by atoms with Crippen LogP contribution in [0, 0.1) is 0 Å². The van der Waals surface area contributed by atoms with Crippen LogP contribution in [0.3, 0.4) is 0 Å². The van der Waals surface area contributed by atoms with E-state index in [9.17, 15) is 0 Å². The van der Waals surface area contributed by atoms with E-state index in [2.05, 4.69) is 43.0 Å². The van der Waals surface area contributed by atoms with E-state index < -0.39 is 0 Å². The molecule has 5 nitrogen and oxygen atoms in total. The second kappa shape index (κ2) is 7.59. The molecule has 2 rings (SSSR count). The van der Waals surface area contributed by atoms with Gasteiger partial charge in [-0.15, -0.1) is 0 Å². The van der Waals surface area contributed by atoms with Crippen LogP contribution in [0.1, 0.15) is 52.8 Å². The highest BCUT2D eigenvalue weighted by molar-refractivity contribution is 5.38. The van der Waals surface area contributed by atoms with Crippen LogP contribution in [-0.4, -0.2) is 34.8 Å². The molecule has 0 radical (unpaired) electrons. The van der Waals surface area contributed by atoms with E-state index in [-0.39, 0.29) is 18.3 Å². The van der Waals surface area contributed by atoms with Crippen molar-refractivity contribution in [3.05, 3.63) is 11.9 Å². The van der Waals surface area contributed by atoms with Crippen molar-refractivity contribution in [1.29, 1.82) is 0 Å². The summed E-state index contributed by atoms with van der Waals surface area (Å²) in [7, 11) is 0. The van der Waals surface area contributed by atoms with Crippen molar-refractivity contribution in [2.45, 2.75) is 71.7 Å². The quantitative estimate of drug-likeness (QED) is 0.873. The molecule has 1 aliphatic heterocycles. The Hall–Kier alpha value is -1.36. The third kappa shape index (κ3) is 4.84. The molecule has 0 spiro atoms. The van der Waals surface area contributed by atoms with Gasteiger partial charge in [0.25, 0.3) is 0 Å². The zero-order valence-corrected chi connectivity index (χ0v) is 13.6. The predicted octanol–water partition coefficient (Wildman–Crippen LogP) is 3.20. The standard InChI is InChI=1S/C16H27N3O2/c1-5-7-17-15-10-16(19-14(6-2)18-15)21-13-8-11(3)20-12(4)9-13/h10-13H,5-9H2,1-4H3,(H,17,18,19). The molecule has 0 amide bonds. The first-order chi connectivity index (χ1) is 10.1. The fourth-order valence-electron chi connectivity index (χ4n) is 2.65. The topological polar surface area (TPSA) is 56.3 Å². The van der Waals surface area contributed by atoms with Crippen LogP contribution < -0.4 is 10.1 Å². The van der Waals surface area contributed by atoms with Crippen LogP contribution in [0.5, 0.6) is 5.88 Å². The summed E-state index contributed by atoms with van der Waals surface area (Å²) in [6, 6.07) is 1.90. The SMILES string of the molecule is CCCNc1cc(OC2CC(C)OC(C)C2)nc(CC)n1. The molecule has 5 heteroatoms. The minimum Gasteiger partial charge on any atom is -0.474 e. The number of ether oxygens (including phenoxy) is 2. The smallest absolute Gasteiger partial charge is 0.219 e. The van der Waals surface area contributed by atoms with E-state index in [1.54, 1.807) is 0 Å². The number of aromatic nitrogens is 2. The number of nitrogens with one attached hydrogen (secondary N) is 1. The number of aryl methyl sites for hydroxylation is 1. The maximum Gasteiger partial charge on any atom is 0.219 e. The van der Waals surface area contributed by atoms with Crippen LogP contribution in [0.4, 0.5) is 5.82 Å². The minimum atomic E-state index is 0.169. The Bertz CT molecular complexity index is 443. The van der Waals surface area contributed by atoms with E-state index >= 15 is 0 Å². The lowest BCUT2D eigenvalue weighted by atomic mass is 10.0. The molecule has 2 heterocycles. The Balaban J connectivity index is 2.07. The summed E-state index contributed by atoms with van der Waals surface area (Å²) >= 11 is 0. The average molecular weight is 293 g/mol. The fraction of sp³-hybridized carbons (Fsp3) is 0.750. The van der Waals surface area contributed by atoms with Gasteiger partial charge in [-0.1, -0.05) is 13.8 Å². The van der Waals surface area contributed by atoms with Gasteiger partial charge >= 0.3 is 0 Å². The summed E-state index contributed by atoms with van der Waals surface area (Å²) in [6.07, 6.45) is 4.34. The van der Waals surface area contributed by atoms with Crippen molar-refractivity contribution in [1.82, 2.24) is 9.97 Å². The molecule has 1 aromatic heterocycles. The van der Waals surface area contributed by atoms with Gasteiger partial charge in [0.2, 0.25) is 5.88 Å². The summed E-state index contributed by atoms with van der Waals surface area (Å²) in [5, 5.41) is 3.31. The zero-order valence-electron chi connectivity index (χ0n) is 13.6. The van der Waals surface area contributed by atoms with Crippen LogP contribution >= 0.6 is 0 Å². The van der Waals surface area contributed by atoms with Crippen LogP contribution in [-0.2, 0) is 11.2 Å². The van der Waals surface area contributed by atoms with Gasteiger partial charge < -0.3 is 14.8 Å². The lowest BCUT2D eigenvalue weighted by Gasteiger charge is -2.32. The molecular formula is C16H27N3O2. The third-order valence-electron chi connectivity index (χ3n) is 3.56. The molecule has 0 saturated carbocycles. The highest BCUT2D eigenvalue weighted by Gasteiger charge is 2.26. The van der Waals surface area contributed by atoms with Gasteiger partial charge in [-0.3, -0.25) is 0 Å². The zero-order chi connectivity index (χ0) is 15.2. The van der Waals surface area contributed by atoms with E-state index in [1.807, 2.05) is 6.07 Å². The molecule has 1 N–H and O–H groups in total. The lowest BCUT2D eigenvalue weighted by Crippen LogP contribution is -2.35. The molecule has 21 heavy (non-hydrogen) atoms. The summed E-state index contributed by atoms with van der Waals surface area (Å²) in [5.41, 5.74) is 0. The van der Waals surface area contributed by atoms with Crippen molar-refractivity contribution in [2.24, 2.45) is 0 Å². The molecule has 1 aliphatic rings. The molecule has 0 aromatic carbocycles. The van der Waals surface area contributed by atoms with Crippen molar-refractivity contribution < 1.29 is 9.47 Å². The normalized spacial score (nSPS) is 25.6. The van der Waals surface area contributed by atoms with Crippen molar-refractivity contribution in [3.8, 4) is 5.88 Å². The van der Waals surface area contributed by atoms with Crippen molar-refractivity contribution in [3.63, 3.8) is 0 Å². The minimum absolute atomic E-state index is 0.169. The Morgan fingerprint density at radius 1 is 1.24 bits per heavy atom. The maximum absolute atomic E-state index is 6.09. The summed E-state index contributed by atoms with van der Waals surface area (Å²) < 4.78 is 11.8. The number of nitrogens with zero attached hydrogens (tertiary/aromatic N) is 2. The monoisotopic (exact) mass is 293 g/mol. The van der Waals surface area contributed by atoms with Crippen molar-refractivity contribution >= 4 is 5.82 Å². The van der Waals surface area contributed by atoms with E-state index in [1.165, 1.54) is 0 Å². The highest BCUT2D eigenvalue weighted by atomic mass is 16.5. The Morgan fingerprint density at radius 2 is 1.95 bits per heavy atom. The summed E-state index contributed by atoms with van der Waals surface area (Å²) in [6.45, 7) is 9.29. The summed E-state index contributed by atoms with van der Waals surface area (Å²) in [5.74, 6) is 2.35. The largest absolute Gasteiger partial charge is 0.474 e. The van der Waals surface area contributed by atoms with Crippen LogP contribution in [0.15, 0.2) is 6.07 Å². The van der Waals surface area contributed by atoms with E-state index in [0.717, 1.165) is 43.9 Å². The fourth-order valence-corrected chi connectivity index (χ4v) is 2.65. The molecule has 0 aliphatic carbocycles. The first-order valence-electron chi connectivity index (χ1n) is 8.04. The van der Waals surface area contributed by atoms with E-state index in [0.29, 0.717) is 5.88 Å². The first kappa shape index (κ1) is 16.0. The summed E-state index contributed by atoms with van der Waals surface area (Å²) in [4.78, 5) is 8.98. The average Bonchev–Trinajstić information content (AvgIpc) is 2.43. The molecule has 1 aromatic rings. The first-order valence-corrected chi connectivity index (χ1v) is 8.04. The molecule has 1 fully saturated rings. The number of anilines is 1. The van der Waals surface area contributed by atoms with Gasteiger partial charge in [0.1, 0.15) is 17.7 Å². The number of hydrogen-bond donors (Lipinski definition) is 1. The molecule has 1 saturated heterocycles. The molecule has 0 bridgehead atoms. The van der Waals surface area contributed by atoms with E-state index in [4.69, 9.17) is 9.47 Å². The number of hydrogen-bond acceptors (Lipinski definition) is 5. The van der Waals surface area contributed by atoms with Crippen LogP contribution in [0.25, 0.3) is 0 Å². The maximum atomic E-state index is 6.09. The van der Waals surface area contributed by atoms with Gasteiger partial charge in [-0.05, 0) is 20.3 Å². The Kier molecular flexibility index (Phi) is 5.79. The Morgan fingerprint density at radius 3 is 2.57 bits per heavy atom. The lowest BCUT2D eigenvalue weighted by molar-refractivity contribution is -0.0730. The predicted molar refractivity (Wildman–Crippen MR) is 83.8 cm³/mol. The van der Waals surface area contributed by atoms with Crippen LogP contribution in [0.2, 0.25) is 0 Å². The van der Waals surface area contributed by atoms with Gasteiger partial charge in [0, 0.05) is 31.9 Å². The van der Waals surface area contributed by atoms with Gasteiger partial charge in [-0.25, -0.2) is 4.98 Å². The van der Waals surface area contributed by atoms with Gasteiger partial charge in [0.05, 0.1) is 12.2 Å². The molecule has 2 atom stereocenters. The molecule has 2 unspecified atom stereocenters. The third-order valence-corrected chi connectivity index (χ3v) is 3.56.